The standard InChI is InChI=1S/C11H11ClFNO2/c1-6-3-8(11(16)5-12)9(13)4-10(6)14-7(2)15/h3-4H,5H2,1-2H3,(H,14,15). The fourth-order valence-electron chi connectivity index (χ4n) is 1.29. The highest BCUT2D eigenvalue weighted by atomic mass is 35.5. The molecular weight excluding hydrogens is 233 g/mol. The van der Waals surface area contributed by atoms with Crippen LogP contribution >= 0.6 is 11.6 Å². The van der Waals surface area contributed by atoms with E-state index in [9.17, 15) is 14.0 Å². The molecule has 1 aromatic carbocycles. The topological polar surface area (TPSA) is 46.2 Å². The lowest BCUT2D eigenvalue weighted by atomic mass is 10.1. The Morgan fingerprint density at radius 1 is 1.44 bits per heavy atom. The van der Waals surface area contributed by atoms with Crippen LogP contribution in [0.1, 0.15) is 22.8 Å². The highest BCUT2D eigenvalue weighted by Gasteiger charge is 2.13. The van der Waals surface area contributed by atoms with Gasteiger partial charge in [-0.05, 0) is 24.6 Å². The summed E-state index contributed by atoms with van der Waals surface area (Å²) in [5, 5.41) is 2.47. The second-order valence-corrected chi connectivity index (χ2v) is 3.65. The Morgan fingerprint density at radius 2 is 2.06 bits per heavy atom. The van der Waals surface area contributed by atoms with Gasteiger partial charge in [0, 0.05) is 12.6 Å². The van der Waals surface area contributed by atoms with Crippen LogP contribution in [0.3, 0.4) is 0 Å². The zero-order chi connectivity index (χ0) is 12.3. The van der Waals surface area contributed by atoms with Crippen molar-refractivity contribution in [3.63, 3.8) is 0 Å². The van der Waals surface area contributed by atoms with Crippen LogP contribution in [0.5, 0.6) is 0 Å². The van der Waals surface area contributed by atoms with E-state index in [4.69, 9.17) is 11.6 Å². The van der Waals surface area contributed by atoms with E-state index in [-0.39, 0.29) is 17.4 Å². The molecule has 0 aliphatic rings. The molecule has 0 aliphatic heterocycles. The second-order valence-electron chi connectivity index (χ2n) is 3.38. The third-order valence-electron chi connectivity index (χ3n) is 2.05. The third-order valence-corrected chi connectivity index (χ3v) is 2.29. The van der Waals surface area contributed by atoms with Gasteiger partial charge in [-0.1, -0.05) is 0 Å². The lowest BCUT2D eigenvalue weighted by Crippen LogP contribution is -2.10. The Labute approximate surface area is 97.6 Å². The molecule has 0 atom stereocenters. The SMILES string of the molecule is CC(=O)Nc1cc(F)c(C(=O)CCl)cc1C. The van der Waals surface area contributed by atoms with Crippen LogP contribution in [0.25, 0.3) is 0 Å². The van der Waals surface area contributed by atoms with Crippen LogP contribution in [-0.2, 0) is 4.79 Å². The first-order valence-corrected chi connectivity index (χ1v) is 5.16. The molecule has 0 saturated heterocycles. The van der Waals surface area contributed by atoms with E-state index in [1.807, 2.05) is 0 Å². The van der Waals surface area contributed by atoms with E-state index >= 15 is 0 Å². The van der Waals surface area contributed by atoms with Gasteiger partial charge in [0.15, 0.2) is 5.78 Å². The number of halogens is 2. The minimum absolute atomic E-state index is 0.0541. The quantitative estimate of drug-likeness (QED) is 0.655. The molecule has 3 nitrogen and oxygen atoms in total. The minimum atomic E-state index is -0.681. The average molecular weight is 244 g/mol. The molecule has 0 spiro atoms. The Bertz CT molecular complexity index is 446. The minimum Gasteiger partial charge on any atom is -0.326 e. The summed E-state index contributed by atoms with van der Waals surface area (Å²) in [6.07, 6.45) is 0. The zero-order valence-corrected chi connectivity index (χ0v) is 9.69. The maximum Gasteiger partial charge on any atom is 0.221 e. The first-order valence-electron chi connectivity index (χ1n) is 4.62. The van der Waals surface area contributed by atoms with Gasteiger partial charge in [-0.2, -0.15) is 0 Å². The number of hydrogen-bond acceptors (Lipinski definition) is 2. The van der Waals surface area contributed by atoms with Gasteiger partial charge in [0.25, 0.3) is 0 Å². The number of anilines is 1. The van der Waals surface area contributed by atoms with Crippen LogP contribution in [0, 0.1) is 12.7 Å². The van der Waals surface area contributed by atoms with Crippen molar-refractivity contribution in [1.29, 1.82) is 0 Å². The van der Waals surface area contributed by atoms with Crippen molar-refractivity contribution < 1.29 is 14.0 Å². The molecule has 1 rings (SSSR count). The molecular formula is C11H11ClFNO2. The smallest absolute Gasteiger partial charge is 0.221 e. The molecule has 0 aliphatic carbocycles. The highest BCUT2D eigenvalue weighted by Crippen LogP contribution is 2.20. The number of nitrogens with one attached hydrogen (secondary N) is 1. The van der Waals surface area contributed by atoms with Crippen molar-refractivity contribution in [2.45, 2.75) is 13.8 Å². The van der Waals surface area contributed by atoms with E-state index < -0.39 is 11.6 Å². The van der Waals surface area contributed by atoms with Crippen molar-refractivity contribution in [3.8, 4) is 0 Å². The van der Waals surface area contributed by atoms with E-state index in [0.29, 0.717) is 11.3 Å². The monoisotopic (exact) mass is 243 g/mol. The van der Waals surface area contributed by atoms with Crippen molar-refractivity contribution in [2.75, 3.05) is 11.2 Å². The predicted octanol–water partition coefficient (Wildman–Crippen LogP) is 2.51. The lowest BCUT2D eigenvalue weighted by molar-refractivity contribution is -0.114. The number of carbonyl (C=O) groups excluding carboxylic acids is 2. The van der Waals surface area contributed by atoms with Gasteiger partial charge in [0.2, 0.25) is 5.91 Å². The predicted molar refractivity (Wildman–Crippen MR) is 60.5 cm³/mol. The number of hydrogen-bond donors (Lipinski definition) is 1. The molecule has 0 radical (unpaired) electrons. The molecule has 0 heterocycles. The molecule has 0 aromatic heterocycles. The molecule has 0 saturated carbocycles. The number of aryl methyl sites for hydroxylation is 1. The summed E-state index contributed by atoms with van der Waals surface area (Å²) in [5.41, 5.74) is 0.919. The number of Topliss-reactive ketones (excluding diaryl/α,β-unsaturated/α-hetero) is 1. The fourth-order valence-corrected chi connectivity index (χ4v) is 1.44. The van der Waals surface area contributed by atoms with Gasteiger partial charge >= 0.3 is 0 Å². The number of ketones is 1. The normalized spacial score (nSPS) is 10.0. The number of benzene rings is 1. The Morgan fingerprint density at radius 3 is 2.56 bits per heavy atom. The van der Waals surface area contributed by atoms with Gasteiger partial charge in [0.05, 0.1) is 11.4 Å². The van der Waals surface area contributed by atoms with E-state index in [2.05, 4.69) is 5.32 Å². The van der Waals surface area contributed by atoms with Crippen molar-refractivity contribution in [3.05, 3.63) is 29.1 Å². The average Bonchev–Trinajstić information content (AvgIpc) is 2.21. The van der Waals surface area contributed by atoms with Crippen molar-refractivity contribution in [2.24, 2.45) is 0 Å². The van der Waals surface area contributed by atoms with Gasteiger partial charge in [-0.3, -0.25) is 9.59 Å². The van der Waals surface area contributed by atoms with Crippen molar-refractivity contribution >= 4 is 29.0 Å². The van der Waals surface area contributed by atoms with Gasteiger partial charge in [-0.15, -0.1) is 11.6 Å². The Balaban J connectivity index is 3.16. The fraction of sp³-hybridized carbons (Fsp3) is 0.273. The van der Waals surface area contributed by atoms with E-state index in [1.54, 1.807) is 6.92 Å². The molecule has 1 aromatic rings. The van der Waals surface area contributed by atoms with Crippen LogP contribution in [0.4, 0.5) is 10.1 Å². The summed E-state index contributed by atoms with van der Waals surface area (Å²) in [6.45, 7) is 3.00. The summed E-state index contributed by atoms with van der Waals surface area (Å²) in [4.78, 5) is 22.1. The number of carbonyl (C=O) groups is 2. The lowest BCUT2D eigenvalue weighted by Gasteiger charge is -2.09. The summed E-state index contributed by atoms with van der Waals surface area (Å²) < 4.78 is 13.5. The number of amides is 1. The summed E-state index contributed by atoms with van der Waals surface area (Å²) >= 11 is 5.35. The van der Waals surface area contributed by atoms with E-state index in [0.717, 1.165) is 6.07 Å². The van der Waals surface area contributed by atoms with Crippen LogP contribution < -0.4 is 5.32 Å². The summed E-state index contributed by atoms with van der Waals surface area (Å²) in [6, 6.07) is 2.50. The third kappa shape index (κ3) is 2.79. The van der Waals surface area contributed by atoms with Gasteiger partial charge < -0.3 is 5.32 Å². The van der Waals surface area contributed by atoms with Crippen molar-refractivity contribution in [1.82, 2.24) is 0 Å². The van der Waals surface area contributed by atoms with Crippen LogP contribution in [0.15, 0.2) is 12.1 Å². The number of alkyl halides is 1. The van der Waals surface area contributed by atoms with E-state index in [1.165, 1.54) is 13.0 Å². The molecule has 16 heavy (non-hydrogen) atoms. The van der Waals surface area contributed by atoms with Gasteiger partial charge in [0.1, 0.15) is 5.82 Å². The maximum atomic E-state index is 13.5. The summed E-state index contributed by atoms with van der Waals surface area (Å²) in [7, 11) is 0. The van der Waals surface area contributed by atoms with Gasteiger partial charge in [-0.25, -0.2) is 4.39 Å². The second kappa shape index (κ2) is 5.07. The zero-order valence-electron chi connectivity index (χ0n) is 8.93. The molecule has 0 unspecified atom stereocenters. The Hall–Kier alpha value is -1.42. The molecule has 0 bridgehead atoms. The maximum absolute atomic E-state index is 13.5. The Kier molecular flexibility index (Phi) is 4.01. The molecule has 1 N–H and O–H groups in total. The molecule has 1 amide bonds. The van der Waals surface area contributed by atoms with Crippen LogP contribution in [-0.4, -0.2) is 17.6 Å². The number of rotatable bonds is 3. The molecule has 86 valence electrons. The highest BCUT2D eigenvalue weighted by molar-refractivity contribution is 6.30. The first kappa shape index (κ1) is 12.6. The van der Waals surface area contributed by atoms with Crippen LogP contribution in [0.2, 0.25) is 0 Å². The largest absolute Gasteiger partial charge is 0.326 e. The molecule has 5 heteroatoms. The summed E-state index contributed by atoms with van der Waals surface area (Å²) in [5.74, 6) is -1.72. The molecule has 0 fully saturated rings. The first-order chi connectivity index (χ1) is 7.45.